The minimum absolute atomic E-state index is 0.214. The van der Waals surface area contributed by atoms with Crippen molar-refractivity contribution in [1.82, 2.24) is 4.90 Å². The van der Waals surface area contributed by atoms with E-state index in [1.165, 1.54) is 0 Å². The molecular formula is C18H25N3O5. The van der Waals surface area contributed by atoms with E-state index in [4.69, 9.17) is 15.2 Å². The van der Waals surface area contributed by atoms with Crippen LogP contribution < -0.4 is 10.6 Å². The highest BCUT2D eigenvalue weighted by molar-refractivity contribution is 5.89. The maximum absolute atomic E-state index is 11.6. The summed E-state index contributed by atoms with van der Waals surface area (Å²) in [6.45, 7) is 3.34. The summed E-state index contributed by atoms with van der Waals surface area (Å²) >= 11 is 0. The summed E-state index contributed by atoms with van der Waals surface area (Å²) in [5.41, 5.74) is 6.81. The van der Waals surface area contributed by atoms with E-state index in [1.54, 1.807) is 4.90 Å². The quantitative estimate of drug-likeness (QED) is 0.796. The van der Waals surface area contributed by atoms with Gasteiger partial charge in [-0.1, -0.05) is 12.1 Å². The van der Waals surface area contributed by atoms with Gasteiger partial charge in [-0.25, -0.2) is 9.59 Å². The predicted octanol–water partition coefficient (Wildman–Crippen LogP) is 1.63. The molecule has 2 fully saturated rings. The van der Waals surface area contributed by atoms with Gasteiger partial charge in [0, 0.05) is 31.7 Å². The third kappa shape index (κ3) is 4.64. The molecule has 0 saturated carbocycles. The second-order valence-corrected chi connectivity index (χ2v) is 6.64. The maximum Gasteiger partial charge on any atom is 0.414 e. The Morgan fingerprint density at radius 1 is 1.27 bits per heavy atom. The Labute approximate surface area is 152 Å². The summed E-state index contributed by atoms with van der Waals surface area (Å²) < 4.78 is 10.2. The van der Waals surface area contributed by atoms with Gasteiger partial charge in [0.2, 0.25) is 0 Å². The minimum atomic E-state index is -0.809. The van der Waals surface area contributed by atoms with E-state index in [9.17, 15) is 14.7 Å². The number of carbonyl (C=O) groups is 2. The van der Waals surface area contributed by atoms with Crippen molar-refractivity contribution >= 4 is 17.9 Å². The number of amides is 2. The van der Waals surface area contributed by atoms with Gasteiger partial charge in [-0.05, 0) is 30.5 Å². The number of aliphatic hydroxyl groups is 1. The van der Waals surface area contributed by atoms with Crippen molar-refractivity contribution in [2.24, 2.45) is 5.73 Å². The number of hydrogen-bond acceptors (Lipinski definition) is 6. The van der Waals surface area contributed by atoms with Crippen LogP contribution in [0.25, 0.3) is 0 Å². The standard InChI is InChI=1S/C18H25N3O5/c19-17(23)26-16(7-10-20-8-5-15(22)6-9-20)13-1-3-14(4-2-13)21-11-12-25-18(21)24/h1-4,15-16,22H,5-12H2,(H2,19,23)/t16-/m1/s1. The summed E-state index contributed by atoms with van der Waals surface area (Å²) in [6.07, 6.45) is 0.326. The summed E-state index contributed by atoms with van der Waals surface area (Å²) in [6, 6.07) is 7.32. The molecule has 1 atom stereocenters. The third-order valence-corrected chi connectivity index (χ3v) is 4.86. The number of anilines is 1. The number of cyclic esters (lactones) is 1. The monoisotopic (exact) mass is 363 g/mol. The Kier molecular flexibility index (Phi) is 5.95. The van der Waals surface area contributed by atoms with Crippen LogP contribution in [-0.2, 0) is 9.47 Å². The van der Waals surface area contributed by atoms with Gasteiger partial charge in [0.1, 0.15) is 12.7 Å². The number of primary amides is 1. The molecule has 0 aliphatic carbocycles. The minimum Gasteiger partial charge on any atom is -0.447 e. The van der Waals surface area contributed by atoms with Crippen molar-refractivity contribution in [3.8, 4) is 0 Å². The Morgan fingerprint density at radius 3 is 2.54 bits per heavy atom. The molecular weight excluding hydrogens is 338 g/mol. The maximum atomic E-state index is 11.6. The van der Waals surface area contributed by atoms with Crippen LogP contribution >= 0.6 is 0 Å². The molecule has 2 aliphatic heterocycles. The summed E-state index contributed by atoms with van der Waals surface area (Å²) in [4.78, 5) is 26.7. The lowest BCUT2D eigenvalue weighted by Crippen LogP contribution is -2.37. The van der Waals surface area contributed by atoms with E-state index in [0.29, 0.717) is 19.6 Å². The number of ether oxygens (including phenoxy) is 2. The van der Waals surface area contributed by atoms with Crippen LogP contribution in [0.15, 0.2) is 24.3 Å². The molecule has 142 valence electrons. The summed E-state index contributed by atoms with van der Waals surface area (Å²) in [5, 5.41) is 9.59. The zero-order valence-corrected chi connectivity index (χ0v) is 14.7. The Balaban J connectivity index is 1.63. The molecule has 3 N–H and O–H groups in total. The number of nitrogens with zero attached hydrogens (tertiary/aromatic N) is 2. The SMILES string of the molecule is NC(=O)O[C@H](CCN1CCC(O)CC1)c1ccc(N2CCOC2=O)cc1. The predicted molar refractivity (Wildman–Crippen MR) is 94.8 cm³/mol. The van der Waals surface area contributed by atoms with E-state index in [2.05, 4.69) is 4.90 Å². The normalized spacial score (nSPS) is 20.0. The van der Waals surface area contributed by atoms with Crippen molar-refractivity contribution in [3.63, 3.8) is 0 Å². The fourth-order valence-electron chi connectivity index (χ4n) is 3.37. The third-order valence-electron chi connectivity index (χ3n) is 4.86. The molecule has 0 bridgehead atoms. The van der Waals surface area contributed by atoms with Crippen molar-refractivity contribution in [2.45, 2.75) is 31.5 Å². The molecule has 2 amide bonds. The van der Waals surface area contributed by atoms with Gasteiger partial charge in [-0.3, -0.25) is 4.90 Å². The summed E-state index contributed by atoms with van der Waals surface area (Å²) in [5.74, 6) is 0. The second-order valence-electron chi connectivity index (χ2n) is 6.64. The van der Waals surface area contributed by atoms with Gasteiger partial charge < -0.3 is 25.2 Å². The molecule has 1 aromatic rings. The molecule has 0 unspecified atom stereocenters. The average Bonchev–Trinajstić information content (AvgIpc) is 3.06. The largest absolute Gasteiger partial charge is 0.447 e. The highest BCUT2D eigenvalue weighted by Gasteiger charge is 2.24. The topological polar surface area (TPSA) is 105 Å². The summed E-state index contributed by atoms with van der Waals surface area (Å²) in [7, 11) is 0. The second kappa shape index (κ2) is 8.37. The number of piperidine rings is 1. The van der Waals surface area contributed by atoms with Crippen LogP contribution in [-0.4, -0.2) is 61.1 Å². The molecule has 1 aromatic carbocycles. The number of rotatable bonds is 6. The van der Waals surface area contributed by atoms with Crippen molar-refractivity contribution in [1.29, 1.82) is 0 Å². The van der Waals surface area contributed by atoms with Crippen LogP contribution in [0, 0.1) is 0 Å². The van der Waals surface area contributed by atoms with Crippen LogP contribution in [0.3, 0.4) is 0 Å². The lowest BCUT2D eigenvalue weighted by atomic mass is 10.0. The van der Waals surface area contributed by atoms with Gasteiger partial charge in [-0.15, -0.1) is 0 Å². The van der Waals surface area contributed by atoms with Gasteiger partial charge >= 0.3 is 12.2 Å². The Bertz CT molecular complexity index is 628. The van der Waals surface area contributed by atoms with Crippen LogP contribution in [0.5, 0.6) is 0 Å². The molecule has 8 nitrogen and oxygen atoms in total. The molecule has 2 heterocycles. The average molecular weight is 363 g/mol. The Morgan fingerprint density at radius 2 is 1.96 bits per heavy atom. The molecule has 0 spiro atoms. The fourth-order valence-corrected chi connectivity index (χ4v) is 3.37. The van der Waals surface area contributed by atoms with Crippen molar-refractivity contribution in [3.05, 3.63) is 29.8 Å². The van der Waals surface area contributed by atoms with Crippen molar-refractivity contribution < 1.29 is 24.2 Å². The van der Waals surface area contributed by atoms with Crippen LogP contribution in [0.2, 0.25) is 0 Å². The molecule has 3 rings (SSSR count). The molecule has 0 radical (unpaired) electrons. The van der Waals surface area contributed by atoms with Crippen LogP contribution in [0.1, 0.15) is 30.9 Å². The zero-order valence-electron chi connectivity index (χ0n) is 14.7. The number of carbonyl (C=O) groups excluding carboxylic acids is 2. The first-order valence-electron chi connectivity index (χ1n) is 8.93. The van der Waals surface area contributed by atoms with Gasteiger partial charge in [0.15, 0.2) is 0 Å². The Hall–Kier alpha value is -2.32. The van der Waals surface area contributed by atoms with Crippen molar-refractivity contribution in [2.75, 3.05) is 37.7 Å². The lowest BCUT2D eigenvalue weighted by Gasteiger charge is -2.30. The van der Waals surface area contributed by atoms with E-state index in [-0.39, 0.29) is 12.2 Å². The van der Waals surface area contributed by atoms with E-state index >= 15 is 0 Å². The first kappa shape index (κ1) is 18.5. The fraction of sp³-hybridized carbons (Fsp3) is 0.556. The molecule has 8 heteroatoms. The smallest absolute Gasteiger partial charge is 0.414 e. The van der Waals surface area contributed by atoms with Gasteiger partial charge in [0.25, 0.3) is 0 Å². The molecule has 2 saturated heterocycles. The number of nitrogens with two attached hydrogens (primary N) is 1. The van der Waals surface area contributed by atoms with E-state index < -0.39 is 12.2 Å². The van der Waals surface area contributed by atoms with Gasteiger partial charge in [-0.2, -0.15) is 0 Å². The highest BCUT2D eigenvalue weighted by Crippen LogP contribution is 2.26. The first-order chi connectivity index (χ1) is 12.5. The number of hydrogen-bond donors (Lipinski definition) is 2. The van der Waals surface area contributed by atoms with Gasteiger partial charge in [0.05, 0.1) is 12.6 Å². The van der Waals surface area contributed by atoms with E-state index in [0.717, 1.165) is 43.7 Å². The number of likely N-dealkylation sites (tertiary alicyclic amines) is 1. The molecule has 26 heavy (non-hydrogen) atoms. The first-order valence-corrected chi connectivity index (χ1v) is 8.93. The van der Waals surface area contributed by atoms with E-state index in [1.807, 2.05) is 24.3 Å². The molecule has 0 aromatic heterocycles. The molecule has 2 aliphatic rings. The number of aliphatic hydroxyl groups excluding tert-OH is 1. The number of benzene rings is 1. The zero-order chi connectivity index (χ0) is 18.5. The lowest BCUT2D eigenvalue weighted by molar-refractivity contribution is 0.0635. The van der Waals surface area contributed by atoms with Crippen LogP contribution in [0.4, 0.5) is 15.3 Å². The highest BCUT2D eigenvalue weighted by atomic mass is 16.6.